The summed E-state index contributed by atoms with van der Waals surface area (Å²) in [5.41, 5.74) is 0.751. The van der Waals surface area contributed by atoms with E-state index in [1.54, 1.807) is 35.9 Å². The summed E-state index contributed by atoms with van der Waals surface area (Å²) in [7, 11) is 0. The molecule has 5 nitrogen and oxygen atoms in total. The van der Waals surface area contributed by atoms with Crippen molar-refractivity contribution < 1.29 is 14.6 Å². The van der Waals surface area contributed by atoms with E-state index in [0.717, 1.165) is 4.47 Å². The molecular weight excluding hydrogens is 338 g/mol. The summed E-state index contributed by atoms with van der Waals surface area (Å²) >= 11 is 3.34. The number of hydrogen-bond acceptors (Lipinski definition) is 3. The van der Waals surface area contributed by atoms with Gasteiger partial charge in [0.25, 0.3) is 5.56 Å². The molecule has 21 heavy (non-hydrogen) atoms. The average molecular weight is 352 g/mol. The van der Waals surface area contributed by atoms with Crippen molar-refractivity contribution in [3.63, 3.8) is 0 Å². The van der Waals surface area contributed by atoms with Gasteiger partial charge in [0.2, 0.25) is 0 Å². The molecule has 0 amide bonds. The second-order valence-corrected chi connectivity index (χ2v) is 5.44. The number of aromatic nitrogens is 1. The van der Waals surface area contributed by atoms with Crippen LogP contribution in [0.4, 0.5) is 0 Å². The summed E-state index contributed by atoms with van der Waals surface area (Å²) in [5.74, 6) is -0.533. The van der Waals surface area contributed by atoms with Gasteiger partial charge in [0.15, 0.2) is 0 Å². The van der Waals surface area contributed by atoms with Crippen LogP contribution in [0.5, 0.6) is 5.75 Å². The molecule has 110 valence electrons. The molecule has 0 atom stereocenters. The number of hydrogen-bond donors (Lipinski definition) is 1. The normalized spacial score (nSPS) is 10.4. The van der Waals surface area contributed by atoms with E-state index in [1.807, 2.05) is 0 Å². The first-order chi connectivity index (χ1) is 9.97. The van der Waals surface area contributed by atoms with Gasteiger partial charge in [0.05, 0.1) is 12.1 Å². The molecule has 0 unspecified atom stereocenters. The van der Waals surface area contributed by atoms with Crippen LogP contribution < -0.4 is 10.3 Å². The average Bonchev–Trinajstić information content (AvgIpc) is 2.44. The number of nitrogens with zero attached hydrogens (tertiary/aromatic N) is 1. The number of benzene rings is 1. The molecule has 0 aliphatic rings. The maximum atomic E-state index is 11.9. The smallest absolute Gasteiger partial charge is 0.335 e. The van der Waals surface area contributed by atoms with Crippen molar-refractivity contribution in [3.8, 4) is 5.75 Å². The van der Waals surface area contributed by atoms with Crippen LogP contribution in [0.3, 0.4) is 0 Å². The van der Waals surface area contributed by atoms with Crippen LogP contribution in [0.1, 0.15) is 15.9 Å². The van der Waals surface area contributed by atoms with E-state index in [1.165, 1.54) is 12.1 Å². The number of carboxylic acids is 1. The van der Waals surface area contributed by atoms with Gasteiger partial charge in [0.1, 0.15) is 12.4 Å². The molecular formula is C15H14BrNO4. The lowest BCUT2D eigenvalue weighted by molar-refractivity contribution is 0.0696. The van der Waals surface area contributed by atoms with Gasteiger partial charge in [0, 0.05) is 16.2 Å². The number of ether oxygens (including phenoxy) is 1. The zero-order valence-electron chi connectivity index (χ0n) is 11.4. The lowest BCUT2D eigenvalue weighted by Gasteiger charge is -2.10. The Labute approximate surface area is 129 Å². The van der Waals surface area contributed by atoms with Crippen LogP contribution in [-0.2, 0) is 6.54 Å². The Balaban J connectivity index is 2.04. The highest BCUT2D eigenvalue weighted by atomic mass is 79.9. The first-order valence-corrected chi connectivity index (χ1v) is 7.09. The standard InChI is InChI=1S/C15H14BrNO4/c1-10-7-12(16)9-17(14(10)18)5-6-21-13-4-2-3-11(8-13)15(19)20/h2-4,7-9H,5-6H2,1H3,(H,19,20). The highest BCUT2D eigenvalue weighted by Gasteiger charge is 2.05. The van der Waals surface area contributed by atoms with Crippen LogP contribution >= 0.6 is 15.9 Å². The fraction of sp³-hybridized carbons (Fsp3) is 0.200. The van der Waals surface area contributed by atoms with Gasteiger partial charge in [-0.3, -0.25) is 4.79 Å². The van der Waals surface area contributed by atoms with Gasteiger partial charge < -0.3 is 14.4 Å². The second-order valence-electron chi connectivity index (χ2n) is 4.52. The van der Waals surface area contributed by atoms with Gasteiger partial charge in [-0.1, -0.05) is 6.07 Å². The van der Waals surface area contributed by atoms with E-state index in [4.69, 9.17) is 9.84 Å². The van der Waals surface area contributed by atoms with Gasteiger partial charge in [-0.2, -0.15) is 0 Å². The van der Waals surface area contributed by atoms with Crippen molar-refractivity contribution in [2.75, 3.05) is 6.61 Å². The predicted octanol–water partition coefficient (Wildman–Crippen LogP) is 2.70. The summed E-state index contributed by atoms with van der Waals surface area (Å²) in [5, 5.41) is 8.90. The summed E-state index contributed by atoms with van der Waals surface area (Å²) in [6, 6.07) is 8.01. The Morgan fingerprint density at radius 1 is 1.38 bits per heavy atom. The fourth-order valence-corrected chi connectivity index (χ4v) is 2.48. The zero-order valence-corrected chi connectivity index (χ0v) is 13.0. The van der Waals surface area contributed by atoms with Crippen molar-refractivity contribution in [3.05, 3.63) is 62.5 Å². The molecule has 0 bridgehead atoms. The Kier molecular flexibility index (Phi) is 4.80. The van der Waals surface area contributed by atoms with E-state index in [9.17, 15) is 9.59 Å². The van der Waals surface area contributed by atoms with Gasteiger partial charge in [-0.25, -0.2) is 4.79 Å². The molecule has 0 fully saturated rings. The monoisotopic (exact) mass is 351 g/mol. The van der Waals surface area contributed by atoms with Gasteiger partial charge in [-0.15, -0.1) is 0 Å². The molecule has 0 saturated heterocycles. The summed E-state index contributed by atoms with van der Waals surface area (Å²) < 4.78 is 7.88. The van der Waals surface area contributed by atoms with Crippen LogP contribution in [0.25, 0.3) is 0 Å². The number of pyridine rings is 1. The van der Waals surface area contributed by atoms with Crippen molar-refractivity contribution >= 4 is 21.9 Å². The van der Waals surface area contributed by atoms with Crippen LogP contribution in [0.15, 0.2) is 45.8 Å². The minimum atomic E-state index is -1.00. The molecule has 1 aromatic carbocycles. The largest absolute Gasteiger partial charge is 0.492 e. The number of halogens is 1. The van der Waals surface area contributed by atoms with E-state index < -0.39 is 5.97 Å². The zero-order chi connectivity index (χ0) is 15.4. The number of aromatic carboxylic acids is 1. The van der Waals surface area contributed by atoms with E-state index in [-0.39, 0.29) is 17.7 Å². The molecule has 2 rings (SSSR count). The van der Waals surface area contributed by atoms with E-state index in [2.05, 4.69) is 15.9 Å². The Bertz CT molecular complexity index is 724. The second kappa shape index (κ2) is 6.58. The van der Waals surface area contributed by atoms with E-state index >= 15 is 0 Å². The summed E-state index contributed by atoms with van der Waals surface area (Å²) in [6.07, 6.45) is 1.70. The molecule has 1 aromatic heterocycles. The lowest BCUT2D eigenvalue weighted by atomic mass is 10.2. The molecule has 0 saturated carbocycles. The Morgan fingerprint density at radius 2 is 2.14 bits per heavy atom. The quantitative estimate of drug-likeness (QED) is 0.899. The minimum Gasteiger partial charge on any atom is -0.492 e. The van der Waals surface area contributed by atoms with Crippen molar-refractivity contribution in [1.29, 1.82) is 0 Å². The Hall–Kier alpha value is -2.08. The molecule has 0 aliphatic heterocycles. The van der Waals surface area contributed by atoms with Crippen molar-refractivity contribution in [2.45, 2.75) is 13.5 Å². The lowest BCUT2D eigenvalue weighted by Crippen LogP contribution is -2.24. The molecule has 6 heteroatoms. The van der Waals surface area contributed by atoms with Crippen LogP contribution in [0, 0.1) is 6.92 Å². The van der Waals surface area contributed by atoms with Crippen molar-refractivity contribution in [1.82, 2.24) is 4.57 Å². The molecule has 0 aliphatic carbocycles. The highest BCUT2D eigenvalue weighted by molar-refractivity contribution is 9.10. The van der Waals surface area contributed by atoms with Crippen LogP contribution in [0.2, 0.25) is 0 Å². The SMILES string of the molecule is Cc1cc(Br)cn(CCOc2cccc(C(=O)O)c2)c1=O. The minimum absolute atomic E-state index is 0.0684. The number of carbonyl (C=O) groups is 1. The first kappa shape index (κ1) is 15.3. The first-order valence-electron chi connectivity index (χ1n) is 6.30. The third-order valence-electron chi connectivity index (χ3n) is 2.91. The molecule has 0 radical (unpaired) electrons. The Morgan fingerprint density at radius 3 is 2.86 bits per heavy atom. The number of aryl methyl sites for hydroxylation is 1. The fourth-order valence-electron chi connectivity index (χ4n) is 1.89. The third-order valence-corrected chi connectivity index (χ3v) is 3.35. The number of rotatable bonds is 5. The molecule has 2 aromatic rings. The third kappa shape index (κ3) is 3.95. The number of carboxylic acid groups (broad SMARTS) is 1. The molecule has 0 spiro atoms. The summed E-state index contributed by atoms with van der Waals surface area (Å²) in [6.45, 7) is 2.41. The summed E-state index contributed by atoms with van der Waals surface area (Å²) in [4.78, 5) is 22.8. The highest BCUT2D eigenvalue weighted by Crippen LogP contribution is 2.13. The molecule has 1 N–H and O–H groups in total. The van der Waals surface area contributed by atoms with Gasteiger partial charge in [-0.05, 0) is 47.1 Å². The maximum absolute atomic E-state index is 11.9. The van der Waals surface area contributed by atoms with E-state index in [0.29, 0.717) is 17.9 Å². The van der Waals surface area contributed by atoms with Crippen molar-refractivity contribution in [2.24, 2.45) is 0 Å². The predicted molar refractivity (Wildman–Crippen MR) is 82.0 cm³/mol. The maximum Gasteiger partial charge on any atom is 0.335 e. The topological polar surface area (TPSA) is 68.5 Å². The molecule has 1 heterocycles. The van der Waals surface area contributed by atoms with Gasteiger partial charge >= 0.3 is 5.97 Å². The van der Waals surface area contributed by atoms with Crippen LogP contribution in [-0.4, -0.2) is 22.2 Å².